The van der Waals surface area contributed by atoms with Crippen molar-refractivity contribution in [1.29, 1.82) is 0 Å². The smallest absolute Gasteiger partial charge is 0.124 e. The number of rotatable bonds is 10. The van der Waals surface area contributed by atoms with Crippen LogP contribution in [-0.2, 0) is 16.5 Å². The van der Waals surface area contributed by atoms with Gasteiger partial charge in [-0.3, -0.25) is 9.98 Å². The standard InChI is InChI=1S/2C12H18N2O.Ni/c2*1-14(2)9-5-8-13-10-11-6-3-4-7-12(11)15;/h2*3-4,6-7,10,15H,5,8-9H2,1-2H3;. The molecule has 0 saturated carbocycles. The topological polar surface area (TPSA) is 71.7 Å². The van der Waals surface area contributed by atoms with Crippen molar-refractivity contribution in [3.8, 4) is 11.5 Å². The van der Waals surface area contributed by atoms with E-state index in [-0.39, 0.29) is 28.0 Å². The molecular weight excluding hydrogens is 435 g/mol. The third-order valence-electron chi connectivity index (χ3n) is 4.12. The van der Waals surface area contributed by atoms with Gasteiger partial charge in [-0.05, 0) is 78.4 Å². The normalized spacial score (nSPS) is 11.0. The molecule has 2 rings (SSSR count). The molecule has 0 radical (unpaired) electrons. The van der Waals surface area contributed by atoms with Crippen LogP contribution >= 0.6 is 0 Å². The largest absolute Gasteiger partial charge is 0.507 e. The minimum absolute atomic E-state index is 0. The van der Waals surface area contributed by atoms with Gasteiger partial charge in [0, 0.05) is 53.1 Å². The third-order valence-corrected chi connectivity index (χ3v) is 4.12. The fourth-order valence-electron chi connectivity index (χ4n) is 2.48. The Morgan fingerprint density at radius 1 is 0.677 bits per heavy atom. The van der Waals surface area contributed by atoms with Crippen LogP contribution in [0, 0.1) is 0 Å². The molecule has 2 N–H and O–H groups in total. The van der Waals surface area contributed by atoms with Gasteiger partial charge in [-0.1, -0.05) is 24.3 Å². The van der Waals surface area contributed by atoms with E-state index in [9.17, 15) is 10.2 Å². The van der Waals surface area contributed by atoms with E-state index in [0.717, 1.165) is 50.1 Å². The molecule has 2 aromatic carbocycles. The summed E-state index contributed by atoms with van der Waals surface area (Å²) in [5, 5.41) is 18.9. The molecule has 0 aliphatic rings. The van der Waals surface area contributed by atoms with Crippen LogP contribution in [0.3, 0.4) is 0 Å². The second-order valence-corrected chi connectivity index (χ2v) is 7.50. The summed E-state index contributed by atoms with van der Waals surface area (Å²) in [4.78, 5) is 12.8. The second-order valence-electron chi connectivity index (χ2n) is 7.50. The SMILES string of the molecule is CN(C)CCCN=Cc1ccccc1O.CN(C)CCCN=Cc1ccccc1O.[Ni]. The average molecular weight is 471 g/mol. The van der Waals surface area contributed by atoms with E-state index in [4.69, 9.17) is 0 Å². The zero-order valence-corrected chi connectivity index (χ0v) is 20.0. The predicted octanol–water partition coefficient (Wildman–Crippen LogP) is 3.52. The van der Waals surface area contributed by atoms with Gasteiger partial charge in [0.2, 0.25) is 0 Å². The molecule has 0 bridgehead atoms. The zero-order valence-electron chi connectivity index (χ0n) is 19.0. The molecule has 0 aliphatic heterocycles. The molecule has 0 unspecified atom stereocenters. The van der Waals surface area contributed by atoms with E-state index in [1.165, 1.54) is 0 Å². The Morgan fingerprint density at radius 2 is 1.03 bits per heavy atom. The van der Waals surface area contributed by atoms with Gasteiger partial charge in [-0.15, -0.1) is 0 Å². The van der Waals surface area contributed by atoms with Crippen molar-refractivity contribution in [2.45, 2.75) is 12.8 Å². The molecule has 0 aliphatic carbocycles. The summed E-state index contributed by atoms with van der Waals surface area (Å²) in [6, 6.07) is 14.4. The first-order chi connectivity index (χ1) is 14.4. The number of hydrogen-bond donors (Lipinski definition) is 2. The molecule has 0 saturated heterocycles. The summed E-state index contributed by atoms with van der Waals surface area (Å²) in [5.41, 5.74) is 1.56. The van der Waals surface area contributed by atoms with E-state index in [1.54, 1.807) is 36.7 Å². The van der Waals surface area contributed by atoms with Crippen molar-refractivity contribution in [2.24, 2.45) is 9.98 Å². The minimum atomic E-state index is 0. The number of phenolic OH excluding ortho intramolecular Hbond substituents is 2. The van der Waals surface area contributed by atoms with Crippen molar-refractivity contribution < 1.29 is 26.7 Å². The molecule has 174 valence electrons. The fraction of sp³-hybridized carbons (Fsp3) is 0.417. The van der Waals surface area contributed by atoms with Gasteiger partial charge in [0.1, 0.15) is 11.5 Å². The van der Waals surface area contributed by atoms with Crippen molar-refractivity contribution in [1.82, 2.24) is 9.80 Å². The molecule has 0 heterocycles. The summed E-state index contributed by atoms with van der Waals surface area (Å²) in [6.45, 7) is 3.68. The number of nitrogens with zero attached hydrogens (tertiary/aromatic N) is 4. The molecule has 7 heteroatoms. The Labute approximate surface area is 197 Å². The summed E-state index contributed by atoms with van der Waals surface area (Å²) >= 11 is 0. The first-order valence-corrected chi connectivity index (χ1v) is 10.2. The average Bonchev–Trinajstić information content (AvgIpc) is 2.70. The summed E-state index contributed by atoms with van der Waals surface area (Å²) in [6.07, 6.45) is 5.53. The number of para-hydroxylation sites is 2. The van der Waals surface area contributed by atoms with E-state index in [2.05, 4.69) is 19.8 Å². The van der Waals surface area contributed by atoms with Gasteiger partial charge in [0.25, 0.3) is 0 Å². The Kier molecular flexibility index (Phi) is 16.2. The van der Waals surface area contributed by atoms with Crippen LogP contribution in [-0.4, -0.2) is 86.8 Å². The van der Waals surface area contributed by atoms with E-state index in [0.29, 0.717) is 0 Å². The van der Waals surface area contributed by atoms with Crippen LogP contribution in [0.2, 0.25) is 0 Å². The molecule has 0 aromatic heterocycles. The number of aliphatic imine (C=N–C) groups is 2. The first-order valence-electron chi connectivity index (χ1n) is 10.2. The van der Waals surface area contributed by atoms with Gasteiger partial charge in [0.05, 0.1) is 0 Å². The second kappa shape index (κ2) is 17.5. The van der Waals surface area contributed by atoms with Gasteiger partial charge >= 0.3 is 0 Å². The van der Waals surface area contributed by atoms with Crippen LogP contribution in [0.15, 0.2) is 58.5 Å². The van der Waals surface area contributed by atoms with Crippen molar-refractivity contribution in [2.75, 3.05) is 54.4 Å². The van der Waals surface area contributed by atoms with Crippen LogP contribution in [0.5, 0.6) is 11.5 Å². The number of benzene rings is 2. The van der Waals surface area contributed by atoms with E-state index >= 15 is 0 Å². The van der Waals surface area contributed by atoms with Crippen LogP contribution in [0.25, 0.3) is 0 Å². The molecule has 0 atom stereocenters. The Bertz CT molecular complexity index is 714. The fourth-order valence-corrected chi connectivity index (χ4v) is 2.48. The zero-order chi connectivity index (χ0) is 22.2. The maximum absolute atomic E-state index is 9.46. The molecule has 31 heavy (non-hydrogen) atoms. The van der Waals surface area contributed by atoms with Gasteiger partial charge in [0.15, 0.2) is 0 Å². The molecule has 0 spiro atoms. The predicted molar refractivity (Wildman–Crippen MR) is 127 cm³/mol. The van der Waals surface area contributed by atoms with Crippen LogP contribution in [0.4, 0.5) is 0 Å². The van der Waals surface area contributed by atoms with Crippen molar-refractivity contribution in [3.05, 3.63) is 59.7 Å². The van der Waals surface area contributed by atoms with E-state index < -0.39 is 0 Å². The summed E-state index contributed by atoms with van der Waals surface area (Å²) < 4.78 is 0. The van der Waals surface area contributed by atoms with Gasteiger partial charge in [-0.2, -0.15) is 0 Å². The van der Waals surface area contributed by atoms with Crippen LogP contribution in [0.1, 0.15) is 24.0 Å². The van der Waals surface area contributed by atoms with Gasteiger partial charge < -0.3 is 20.0 Å². The Morgan fingerprint density at radius 3 is 1.35 bits per heavy atom. The summed E-state index contributed by atoms with van der Waals surface area (Å²) in [7, 11) is 8.19. The molecule has 6 nitrogen and oxygen atoms in total. The third kappa shape index (κ3) is 14.4. The monoisotopic (exact) mass is 470 g/mol. The van der Waals surface area contributed by atoms with Crippen molar-refractivity contribution in [3.63, 3.8) is 0 Å². The number of hydrogen-bond acceptors (Lipinski definition) is 6. The minimum Gasteiger partial charge on any atom is -0.507 e. The molecular formula is C24H36N4NiO2. The summed E-state index contributed by atoms with van der Waals surface area (Å²) in [5.74, 6) is 0.572. The van der Waals surface area contributed by atoms with Crippen molar-refractivity contribution >= 4 is 12.4 Å². The quantitative estimate of drug-likeness (QED) is 0.316. The maximum atomic E-state index is 9.46. The Balaban J connectivity index is 0.000000562. The van der Waals surface area contributed by atoms with Crippen LogP contribution < -0.4 is 0 Å². The molecule has 0 amide bonds. The number of aromatic hydroxyl groups is 2. The van der Waals surface area contributed by atoms with E-state index in [1.807, 2.05) is 52.5 Å². The number of phenols is 2. The molecule has 2 aromatic rings. The maximum Gasteiger partial charge on any atom is 0.124 e. The molecule has 0 fully saturated rings. The Hall–Kier alpha value is -2.21. The van der Waals surface area contributed by atoms with Gasteiger partial charge in [-0.25, -0.2) is 0 Å². The first kappa shape index (κ1) is 28.8.